The lowest BCUT2D eigenvalue weighted by Crippen LogP contribution is -2.32. The maximum absolute atomic E-state index is 11.8. The van der Waals surface area contributed by atoms with Crippen molar-refractivity contribution in [2.24, 2.45) is 11.3 Å². The minimum atomic E-state index is -0.558. The summed E-state index contributed by atoms with van der Waals surface area (Å²) in [4.78, 5) is 23.4. The Bertz CT molecular complexity index is 231. The molecule has 0 aliphatic rings. The van der Waals surface area contributed by atoms with Crippen LogP contribution in [-0.2, 0) is 14.3 Å². The Labute approximate surface area is 92.2 Å². The number of ether oxygens (including phenoxy) is 1. The average Bonchev–Trinajstić information content (AvgIpc) is 2.16. The number of hydrogen-bond acceptors (Lipinski definition) is 3. The Kier molecular flexibility index (Phi) is 5.73. The third-order valence-corrected chi connectivity index (χ3v) is 2.76. The van der Waals surface area contributed by atoms with Crippen molar-refractivity contribution >= 4 is 11.6 Å². The molecule has 0 aromatic carbocycles. The second-order valence-electron chi connectivity index (χ2n) is 4.69. The first-order chi connectivity index (χ1) is 6.85. The second-order valence-corrected chi connectivity index (χ2v) is 4.69. The number of Topliss-reactive ketones (excluding diaryl/α,β-unsaturated/α-hetero) is 2. The summed E-state index contributed by atoms with van der Waals surface area (Å²) < 4.78 is 4.96. The molecular formula is C12H22O3. The third-order valence-electron chi connectivity index (χ3n) is 2.76. The normalized spacial score (nSPS) is 13.7. The lowest BCUT2D eigenvalue weighted by molar-refractivity contribution is -0.135. The molecule has 0 saturated carbocycles. The predicted octanol–water partition coefficient (Wildman–Crippen LogP) is 2.23. The van der Waals surface area contributed by atoms with Gasteiger partial charge in [0.15, 0.2) is 0 Å². The van der Waals surface area contributed by atoms with Crippen molar-refractivity contribution in [3.05, 3.63) is 0 Å². The topological polar surface area (TPSA) is 43.4 Å². The zero-order valence-electron chi connectivity index (χ0n) is 10.4. The van der Waals surface area contributed by atoms with Crippen LogP contribution < -0.4 is 0 Å². The van der Waals surface area contributed by atoms with E-state index < -0.39 is 5.41 Å². The van der Waals surface area contributed by atoms with Crippen molar-refractivity contribution < 1.29 is 14.3 Å². The van der Waals surface area contributed by atoms with Crippen LogP contribution in [0.3, 0.4) is 0 Å². The molecule has 0 amide bonds. The van der Waals surface area contributed by atoms with Gasteiger partial charge in [-0.25, -0.2) is 0 Å². The molecule has 0 aromatic heterocycles. The Morgan fingerprint density at radius 3 is 2.27 bits per heavy atom. The van der Waals surface area contributed by atoms with E-state index in [1.54, 1.807) is 7.11 Å². The molecule has 0 bridgehead atoms. The molecule has 0 aromatic rings. The van der Waals surface area contributed by atoms with Crippen molar-refractivity contribution in [3.63, 3.8) is 0 Å². The molecule has 1 unspecified atom stereocenters. The molecule has 0 fully saturated rings. The van der Waals surface area contributed by atoms with Crippen LogP contribution in [0.15, 0.2) is 0 Å². The van der Waals surface area contributed by atoms with Crippen molar-refractivity contribution in [3.8, 4) is 0 Å². The maximum Gasteiger partial charge on any atom is 0.148 e. The third kappa shape index (κ3) is 4.56. The number of ketones is 2. The number of methoxy groups -OCH3 is 1. The highest BCUT2D eigenvalue weighted by Crippen LogP contribution is 2.20. The van der Waals surface area contributed by atoms with E-state index in [4.69, 9.17) is 4.74 Å². The van der Waals surface area contributed by atoms with Crippen LogP contribution in [0, 0.1) is 11.3 Å². The minimum Gasteiger partial charge on any atom is -0.384 e. The van der Waals surface area contributed by atoms with Gasteiger partial charge in [-0.1, -0.05) is 27.7 Å². The molecule has 0 radical (unpaired) electrons. The quantitative estimate of drug-likeness (QED) is 0.610. The molecule has 1 atom stereocenters. The highest BCUT2D eigenvalue weighted by atomic mass is 16.5. The van der Waals surface area contributed by atoms with Crippen molar-refractivity contribution in [2.75, 3.05) is 13.7 Å². The summed E-state index contributed by atoms with van der Waals surface area (Å²) in [5, 5.41) is 0. The van der Waals surface area contributed by atoms with Gasteiger partial charge in [0.1, 0.15) is 11.6 Å². The molecule has 0 rings (SSSR count). The van der Waals surface area contributed by atoms with Gasteiger partial charge in [-0.05, 0) is 6.42 Å². The van der Waals surface area contributed by atoms with E-state index in [0.717, 1.165) is 6.42 Å². The molecule has 0 saturated heterocycles. The molecule has 15 heavy (non-hydrogen) atoms. The van der Waals surface area contributed by atoms with Gasteiger partial charge in [-0.2, -0.15) is 0 Å². The fraction of sp³-hybridized carbons (Fsp3) is 0.833. The van der Waals surface area contributed by atoms with Gasteiger partial charge in [0.25, 0.3) is 0 Å². The fourth-order valence-corrected chi connectivity index (χ4v) is 1.24. The van der Waals surface area contributed by atoms with E-state index >= 15 is 0 Å². The van der Waals surface area contributed by atoms with Crippen LogP contribution in [-0.4, -0.2) is 25.3 Å². The van der Waals surface area contributed by atoms with E-state index in [-0.39, 0.29) is 23.9 Å². The highest BCUT2D eigenvalue weighted by Gasteiger charge is 2.29. The van der Waals surface area contributed by atoms with Crippen molar-refractivity contribution in [2.45, 2.75) is 40.5 Å². The van der Waals surface area contributed by atoms with Gasteiger partial charge in [0.05, 0.1) is 13.0 Å². The molecule has 88 valence electrons. The summed E-state index contributed by atoms with van der Waals surface area (Å²) in [6, 6.07) is 0. The molecule has 0 aliphatic heterocycles. The van der Waals surface area contributed by atoms with Crippen LogP contribution in [0.4, 0.5) is 0 Å². The zero-order valence-corrected chi connectivity index (χ0v) is 10.4. The predicted molar refractivity (Wildman–Crippen MR) is 59.7 cm³/mol. The summed E-state index contributed by atoms with van der Waals surface area (Å²) >= 11 is 0. The molecule has 3 heteroatoms. The summed E-state index contributed by atoms with van der Waals surface area (Å²) in [7, 11) is 1.56. The van der Waals surface area contributed by atoms with Gasteiger partial charge < -0.3 is 4.74 Å². The van der Waals surface area contributed by atoms with E-state index in [2.05, 4.69) is 0 Å². The average molecular weight is 214 g/mol. The monoisotopic (exact) mass is 214 g/mol. The Hall–Kier alpha value is -0.700. The smallest absolute Gasteiger partial charge is 0.148 e. The van der Waals surface area contributed by atoms with Gasteiger partial charge >= 0.3 is 0 Å². The first-order valence-electron chi connectivity index (χ1n) is 5.40. The Morgan fingerprint density at radius 2 is 1.87 bits per heavy atom. The van der Waals surface area contributed by atoms with Gasteiger partial charge in [-0.3, -0.25) is 9.59 Å². The lowest BCUT2D eigenvalue weighted by atomic mass is 9.84. The van der Waals surface area contributed by atoms with Crippen LogP contribution in [0.2, 0.25) is 0 Å². The Balaban J connectivity index is 4.30. The SMILES string of the molecule is CCC(C)C(=O)CC(=O)C(C)(C)COC. The minimum absolute atomic E-state index is 0.0210. The summed E-state index contributed by atoms with van der Waals surface area (Å²) in [6.07, 6.45) is 0.822. The van der Waals surface area contributed by atoms with Crippen LogP contribution in [0.25, 0.3) is 0 Å². The lowest BCUT2D eigenvalue weighted by Gasteiger charge is -2.22. The zero-order chi connectivity index (χ0) is 12.1. The molecule has 0 aliphatic carbocycles. The number of carbonyl (C=O) groups excluding carboxylic acids is 2. The van der Waals surface area contributed by atoms with E-state index in [1.807, 2.05) is 27.7 Å². The Morgan fingerprint density at radius 1 is 1.33 bits per heavy atom. The molecule has 0 N–H and O–H groups in total. The first-order valence-corrected chi connectivity index (χ1v) is 5.40. The van der Waals surface area contributed by atoms with Gasteiger partial charge in [0.2, 0.25) is 0 Å². The van der Waals surface area contributed by atoms with Crippen molar-refractivity contribution in [1.82, 2.24) is 0 Å². The van der Waals surface area contributed by atoms with Crippen LogP contribution in [0.5, 0.6) is 0 Å². The fourth-order valence-electron chi connectivity index (χ4n) is 1.24. The second kappa shape index (κ2) is 6.01. The van der Waals surface area contributed by atoms with E-state index in [0.29, 0.717) is 6.61 Å². The molecule has 0 heterocycles. The molecule has 0 spiro atoms. The number of rotatable bonds is 7. The summed E-state index contributed by atoms with van der Waals surface area (Å²) in [5.41, 5.74) is -0.558. The van der Waals surface area contributed by atoms with Crippen molar-refractivity contribution in [1.29, 1.82) is 0 Å². The number of carbonyl (C=O) groups is 2. The van der Waals surface area contributed by atoms with E-state index in [1.165, 1.54) is 0 Å². The van der Waals surface area contributed by atoms with Crippen LogP contribution >= 0.6 is 0 Å². The van der Waals surface area contributed by atoms with Gasteiger partial charge in [-0.15, -0.1) is 0 Å². The summed E-state index contributed by atoms with van der Waals surface area (Å²) in [6.45, 7) is 7.79. The summed E-state index contributed by atoms with van der Waals surface area (Å²) in [5.74, 6) is -0.0198. The van der Waals surface area contributed by atoms with E-state index in [9.17, 15) is 9.59 Å². The van der Waals surface area contributed by atoms with Gasteiger partial charge in [0, 0.05) is 18.4 Å². The number of hydrogen-bond donors (Lipinski definition) is 0. The maximum atomic E-state index is 11.8. The first kappa shape index (κ1) is 14.3. The molecular weight excluding hydrogens is 192 g/mol. The standard InChI is InChI=1S/C12H22O3/c1-6-9(2)10(13)7-11(14)12(3,4)8-15-5/h9H,6-8H2,1-5H3. The highest BCUT2D eigenvalue weighted by molar-refractivity contribution is 6.02. The largest absolute Gasteiger partial charge is 0.384 e. The van der Waals surface area contributed by atoms with Crippen LogP contribution in [0.1, 0.15) is 40.5 Å². The molecule has 3 nitrogen and oxygen atoms in total.